The Labute approximate surface area is 199 Å². The first-order chi connectivity index (χ1) is 16.1. The molecule has 1 aliphatic heterocycles. The number of hydrogen-bond acceptors (Lipinski definition) is 5. The standard InChI is InChI=1S/C24H26F4N2O3S/c1-14(16-5-7-18(8-6-16)33-24(26,27)28)30-11-15(12-30)13-32-22-10-21(25)20(23(31)29-34-2)9-19(22)17-3-4-17/h5-10,14-15,17H,3-4,11-13H2,1-2H3,(H,29,31). The van der Waals surface area contributed by atoms with E-state index in [0.29, 0.717) is 18.3 Å². The number of hydrogen-bond donors (Lipinski definition) is 1. The van der Waals surface area contributed by atoms with Gasteiger partial charge >= 0.3 is 6.36 Å². The largest absolute Gasteiger partial charge is 0.573 e. The zero-order valence-electron chi connectivity index (χ0n) is 18.8. The molecule has 2 aromatic rings. The van der Waals surface area contributed by atoms with Crippen LogP contribution in [0.5, 0.6) is 11.5 Å². The van der Waals surface area contributed by atoms with Crippen molar-refractivity contribution in [3.63, 3.8) is 0 Å². The summed E-state index contributed by atoms with van der Waals surface area (Å²) in [5.41, 5.74) is 1.79. The van der Waals surface area contributed by atoms with E-state index < -0.39 is 18.1 Å². The highest BCUT2D eigenvalue weighted by molar-refractivity contribution is 7.97. The maximum atomic E-state index is 14.6. The molecule has 1 N–H and O–H groups in total. The van der Waals surface area contributed by atoms with Gasteiger partial charge in [-0.1, -0.05) is 24.1 Å². The summed E-state index contributed by atoms with van der Waals surface area (Å²) in [7, 11) is 0. The number of benzene rings is 2. The number of alkyl halides is 3. The van der Waals surface area contributed by atoms with E-state index in [1.807, 2.05) is 6.92 Å². The molecule has 5 nitrogen and oxygen atoms in total. The molecule has 1 aliphatic carbocycles. The van der Waals surface area contributed by atoms with Gasteiger partial charge in [0.05, 0.1) is 12.2 Å². The summed E-state index contributed by atoms with van der Waals surface area (Å²) in [5, 5.41) is 0. The fourth-order valence-corrected chi connectivity index (χ4v) is 4.43. The molecule has 2 aliphatic rings. The molecule has 10 heteroatoms. The van der Waals surface area contributed by atoms with E-state index in [9.17, 15) is 22.4 Å². The maximum Gasteiger partial charge on any atom is 0.573 e. The zero-order chi connectivity index (χ0) is 24.5. The number of nitrogens with zero attached hydrogens (tertiary/aromatic N) is 1. The lowest BCUT2D eigenvalue weighted by Crippen LogP contribution is -2.50. The summed E-state index contributed by atoms with van der Waals surface area (Å²) >= 11 is 1.12. The highest BCUT2D eigenvalue weighted by Gasteiger charge is 2.34. The highest BCUT2D eigenvalue weighted by atomic mass is 32.2. The molecule has 0 aromatic heterocycles. The molecule has 1 saturated carbocycles. The molecule has 1 unspecified atom stereocenters. The third-order valence-electron chi connectivity index (χ3n) is 6.16. The van der Waals surface area contributed by atoms with Crippen LogP contribution < -0.4 is 14.2 Å². The second-order valence-corrected chi connectivity index (χ2v) is 9.32. The quantitative estimate of drug-likeness (QED) is 0.356. The van der Waals surface area contributed by atoms with Crippen molar-refractivity contribution in [3.05, 3.63) is 58.9 Å². The van der Waals surface area contributed by atoms with Crippen LogP contribution in [0.3, 0.4) is 0 Å². The van der Waals surface area contributed by atoms with Gasteiger partial charge < -0.3 is 9.47 Å². The third-order valence-corrected chi connectivity index (χ3v) is 6.55. The molecule has 2 fully saturated rings. The molecule has 0 radical (unpaired) electrons. The Hall–Kier alpha value is -2.46. The lowest BCUT2D eigenvalue weighted by atomic mass is 9.95. The van der Waals surface area contributed by atoms with Crippen LogP contribution in [0, 0.1) is 11.7 Å². The van der Waals surface area contributed by atoms with E-state index in [1.54, 1.807) is 24.5 Å². The van der Waals surface area contributed by atoms with Crippen molar-refractivity contribution >= 4 is 17.9 Å². The summed E-state index contributed by atoms with van der Waals surface area (Å²) in [6.45, 7) is 3.95. The van der Waals surface area contributed by atoms with E-state index in [4.69, 9.17) is 4.74 Å². The van der Waals surface area contributed by atoms with Crippen molar-refractivity contribution in [2.45, 2.75) is 38.1 Å². The monoisotopic (exact) mass is 498 g/mol. The Balaban J connectivity index is 1.32. The topological polar surface area (TPSA) is 50.8 Å². The Morgan fingerprint density at radius 1 is 1.21 bits per heavy atom. The van der Waals surface area contributed by atoms with Crippen molar-refractivity contribution in [2.24, 2.45) is 5.92 Å². The molecular formula is C24H26F4N2O3S. The molecule has 0 spiro atoms. The summed E-state index contributed by atoms with van der Waals surface area (Å²) in [6.07, 6.45) is -1.02. The number of halogens is 4. The molecule has 1 amide bonds. The summed E-state index contributed by atoms with van der Waals surface area (Å²) < 4.78 is 64.0. The van der Waals surface area contributed by atoms with Crippen molar-refractivity contribution in [3.8, 4) is 11.5 Å². The maximum absolute atomic E-state index is 14.6. The lowest BCUT2D eigenvalue weighted by Gasteiger charge is -2.43. The van der Waals surface area contributed by atoms with Crippen molar-refractivity contribution < 1.29 is 31.8 Å². The first-order valence-corrected chi connectivity index (χ1v) is 12.3. The fourth-order valence-electron chi connectivity index (χ4n) is 4.13. The van der Waals surface area contributed by atoms with Gasteiger partial charge in [0.25, 0.3) is 5.91 Å². The average Bonchev–Trinajstić information content (AvgIpc) is 3.57. The second kappa shape index (κ2) is 10.0. The van der Waals surface area contributed by atoms with Crippen LogP contribution in [-0.4, -0.2) is 43.1 Å². The molecule has 1 atom stereocenters. The van der Waals surface area contributed by atoms with Gasteiger partial charge in [-0.05, 0) is 55.0 Å². The van der Waals surface area contributed by atoms with Crippen LogP contribution in [0.1, 0.15) is 53.2 Å². The molecule has 0 bridgehead atoms. The van der Waals surface area contributed by atoms with E-state index in [-0.39, 0.29) is 23.3 Å². The normalized spacial score (nSPS) is 17.7. The predicted octanol–water partition coefficient (Wildman–Crippen LogP) is 5.68. The zero-order valence-corrected chi connectivity index (χ0v) is 19.6. The minimum absolute atomic E-state index is 0.0268. The van der Waals surface area contributed by atoms with Gasteiger partial charge in [0, 0.05) is 37.4 Å². The SMILES string of the molecule is CSNC(=O)c1cc(C2CC2)c(OCC2CN(C(C)c3ccc(OC(F)(F)F)cc3)C2)cc1F. The van der Waals surface area contributed by atoms with Gasteiger partial charge in [-0.2, -0.15) is 0 Å². The van der Waals surface area contributed by atoms with Gasteiger partial charge in [-0.15, -0.1) is 13.2 Å². The van der Waals surface area contributed by atoms with Crippen LogP contribution in [-0.2, 0) is 0 Å². The van der Waals surface area contributed by atoms with Crippen molar-refractivity contribution in [2.75, 3.05) is 26.0 Å². The Morgan fingerprint density at radius 2 is 1.88 bits per heavy atom. The van der Waals surface area contributed by atoms with Gasteiger partial charge in [0.2, 0.25) is 0 Å². The smallest absolute Gasteiger partial charge is 0.493 e. The first kappa shape index (κ1) is 24.7. The molecule has 2 aromatic carbocycles. The Morgan fingerprint density at radius 3 is 2.47 bits per heavy atom. The summed E-state index contributed by atoms with van der Waals surface area (Å²) in [5.74, 6) is -0.266. The van der Waals surface area contributed by atoms with Crippen LogP contribution >= 0.6 is 11.9 Å². The van der Waals surface area contributed by atoms with Gasteiger partial charge in [0.15, 0.2) is 0 Å². The van der Waals surface area contributed by atoms with Crippen molar-refractivity contribution in [1.82, 2.24) is 9.62 Å². The van der Waals surface area contributed by atoms with E-state index in [0.717, 1.165) is 49.0 Å². The van der Waals surface area contributed by atoms with Crippen LogP contribution in [0.25, 0.3) is 0 Å². The fraction of sp³-hybridized carbons (Fsp3) is 0.458. The molecule has 184 valence electrons. The lowest BCUT2D eigenvalue weighted by molar-refractivity contribution is -0.274. The van der Waals surface area contributed by atoms with E-state index >= 15 is 0 Å². The van der Waals surface area contributed by atoms with Gasteiger partial charge in [-0.25, -0.2) is 4.39 Å². The van der Waals surface area contributed by atoms with E-state index in [2.05, 4.69) is 14.4 Å². The van der Waals surface area contributed by atoms with Gasteiger partial charge in [0.1, 0.15) is 17.3 Å². The number of ether oxygens (including phenoxy) is 2. The molecule has 1 heterocycles. The predicted molar refractivity (Wildman–Crippen MR) is 121 cm³/mol. The Bertz CT molecular complexity index is 1020. The van der Waals surface area contributed by atoms with Crippen molar-refractivity contribution in [1.29, 1.82) is 0 Å². The second-order valence-electron chi connectivity index (χ2n) is 8.70. The van der Waals surface area contributed by atoms with Crippen LogP contribution in [0.2, 0.25) is 0 Å². The van der Waals surface area contributed by atoms with E-state index in [1.165, 1.54) is 18.2 Å². The molecule has 1 saturated heterocycles. The number of nitrogens with one attached hydrogen (secondary N) is 1. The molecular weight excluding hydrogens is 472 g/mol. The number of likely N-dealkylation sites (tertiary alicyclic amines) is 1. The highest BCUT2D eigenvalue weighted by Crippen LogP contribution is 2.45. The third kappa shape index (κ3) is 5.96. The average molecular weight is 499 g/mol. The minimum atomic E-state index is -4.71. The minimum Gasteiger partial charge on any atom is -0.493 e. The first-order valence-electron chi connectivity index (χ1n) is 11.0. The molecule has 4 rings (SSSR count). The number of amides is 1. The van der Waals surface area contributed by atoms with Crippen LogP contribution in [0.4, 0.5) is 17.6 Å². The van der Waals surface area contributed by atoms with Gasteiger partial charge in [-0.3, -0.25) is 14.4 Å². The summed E-state index contributed by atoms with van der Waals surface area (Å²) in [6, 6.07) is 8.85. The van der Waals surface area contributed by atoms with Crippen LogP contribution in [0.15, 0.2) is 36.4 Å². The summed E-state index contributed by atoms with van der Waals surface area (Å²) in [4.78, 5) is 14.3. The number of rotatable bonds is 9. The molecule has 34 heavy (non-hydrogen) atoms. The number of carbonyl (C=O) groups excluding carboxylic acids is 1. The number of carbonyl (C=O) groups is 1. The Kier molecular flexibility index (Phi) is 7.28.